The summed E-state index contributed by atoms with van der Waals surface area (Å²) in [5.41, 5.74) is 4.13. The van der Waals surface area contributed by atoms with Gasteiger partial charge in [-0.2, -0.15) is 0 Å². The number of carboxylic acid groups (broad SMARTS) is 1. The molecular formula is C14H24N2O3. The standard InChI is InChI=1S/C14H24N2O3/c1-10-3-7-14(8-4-10,12(18)19)16-11(17)13(9-15)5-2-6-13/h10H,2-9,15H2,1H3,(H,16,17)(H,18,19). The first-order chi connectivity index (χ1) is 8.94. The summed E-state index contributed by atoms with van der Waals surface area (Å²) in [4.78, 5) is 24.0. The number of nitrogens with two attached hydrogens (primary N) is 1. The lowest BCUT2D eigenvalue weighted by Gasteiger charge is -2.43. The number of amides is 1. The number of nitrogens with one attached hydrogen (secondary N) is 1. The number of hydrogen-bond acceptors (Lipinski definition) is 3. The molecule has 0 aromatic rings. The van der Waals surface area contributed by atoms with Crippen LogP contribution in [0.15, 0.2) is 0 Å². The Labute approximate surface area is 113 Å². The molecule has 108 valence electrons. The Hall–Kier alpha value is -1.10. The average molecular weight is 268 g/mol. The number of carbonyl (C=O) groups is 2. The maximum atomic E-state index is 12.4. The zero-order chi connectivity index (χ0) is 14.1. The quantitative estimate of drug-likeness (QED) is 0.715. The van der Waals surface area contributed by atoms with Crippen molar-refractivity contribution in [1.29, 1.82) is 0 Å². The van der Waals surface area contributed by atoms with Gasteiger partial charge in [0.1, 0.15) is 5.54 Å². The molecule has 2 rings (SSSR count). The van der Waals surface area contributed by atoms with Gasteiger partial charge in [-0.1, -0.05) is 13.3 Å². The lowest BCUT2D eigenvalue weighted by molar-refractivity contribution is -0.153. The summed E-state index contributed by atoms with van der Waals surface area (Å²) in [5, 5.41) is 12.3. The van der Waals surface area contributed by atoms with E-state index in [1.54, 1.807) is 0 Å². The number of rotatable bonds is 4. The van der Waals surface area contributed by atoms with Crippen molar-refractivity contribution in [3.8, 4) is 0 Å². The SMILES string of the molecule is CC1CCC(NC(=O)C2(CN)CCC2)(C(=O)O)CC1. The van der Waals surface area contributed by atoms with E-state index in [9.17, 15) is 14.7 Å². The van der Waals surface area contributed by atoms with Crippen LogP contribution in [-0.4, -0.2) is 29.1 Å². The highest BCUT2D eigenvalue weighted by atomic mass is 16.4. The van der Waals surface area contributed by atoms with E-state index in [1.165, 1.54) is 0 Å². The first-order valence-electron chi connectivity index (χ1n) is 7.20. The molecule has 2 aliphatic carbocycles. The third kappa shape index (κ3) is 2.48. The molecule has 0 aliphatic heterocycles. The summed E-state index contributed by atoms with van der Waals surface area (Å²) < 4.78 is 0. The molecule has 5 heteroatoms. The zero-order valence-corrected chi connectivity index (χ0v) is 11.6. The Balaban J connectivity index is 2.09. The van der Waals surface area contributed by atoms with Gasteiger partial charge >= 0.3 is 5.97 Å². The number of carboxylic acids is 1. The van der Waals surface area contributed by atoms with Gasteiger partial charge < -0.3 is 16.2 Å². The summed E-state index contributed by atoms with van der Waals surface area (Å²) in [5.74, 6) is -0.519. The van der Waals surface area contributed by atoms with Crippen molar-refractivity contribution in [2.75, 3.05) is 6.54 Å². The van der Waals surface area contributed by atoms with Crippen molar-refractivity contribution >= 4 is 11.9 Å². The van der Waals surface area contributed by atoms with Crippen molar-refractivity contribution in [3.63, 3.8) is 0 Å². The third-order valence-corrected chi connectivity index (χ3v) is 5.07. The number of aliphatic carboxylic acids is 1. The minimum atomic E-state index is -1.07. The first-order valence-corrected chi connectivity index (χ1v) is 7.20. The predicted octanol–water partition coefficient (Wildman–Crippen LogP) is 1.27. The molecule has 0 heterocycles. The zero-order valence-electron chi connectivity index (χ0n) is 11.6. The normalized spacial score (nSPS) is 33.3. The Morgan fingerprint density at radius 3 is 2.21 bits per heavy atom. The fraction of sp³-hybridized carbons (Fsp3) is 0.857. The Bertz CT molecular complexity index is 363. The van der Waals surface area contributed by atoms with Gasteiger partial charge in [-0.05, 0) is 44.4 Å². The van der Waals surface area contributed by atoms with Gasteiger partial charge in [-0.15, -0.1) is 0 Å². The van der Waals surface area contributed by atoms with Crippen LogP contribution in [0, 0.1) is 11.3 Å². The van der Waals surface area contributed by atoms with Gasteiger partial charge in [-0.25, -0.2) is 4.79 Å². The highest BCUT2D eigenvalue weighted by molar-refractivity contribution is 5.90. The van der Waals surface area contributed by atoms with Crippen molar-refractivity contribution in [3.05, 3.63) is 0 Å². The van der Waals surface area contributed by atoms with E-state index in [0.29, 0.717) is 25.3 Å². The maximum Gasteiger partial charge on any atom is 0.329 e. The van der Waals surface area contributed by atoms with Gasteiger partial charge in [0.2, 0.25) is 5.91 Å². The molecule has 2 saturated carbocycles. The van der Waals surface area contributed by atoms with Crippen LogP contribution < -0.4 is 11.1 Å². The average Bonchev–Trinajstić information content (AvgIpc) is 2.31. The van der Waals surface area contributed by atoms with E-state index in [-0.39, 0.29) is 5.91 Å². The van der Waals surface area contributed by atoms with E-state index in [2.05, 4.69) is 12.2 Å². The Morgan fingerprint density at radius 2 is 1.84 bits per heavy atom. The molecule has 0 saturated heterocycles. The van der Waals surface area contributed by atoms with E-state index in [1.807, 2.05) is 0 Å². The summed E-state index contributed by atoms with van der Waals surface area (Å²) in [6.07, 6.45) is 5.31. The summed E-state index contributed by atoms with van der Waals surface area (Å²) in [7, 11) is 0. The van der Waals surface area contributed by atoms with Crippen molar-refractivity contribution < 1.29 is 14.7 Å². The molecule has 2 fully saturated rings. The van der Waals surface area contributed by atoms with E-state index < -0.39 is 16.9 Å². The molecule has 2 aliphatic rings. The summed E-state index contributed by atoms with van der Waals surface area (Å²) in [6.45, 7) is 2.44. The fourth-order valence-corrected chi connectivity index (χ4v) is 3.12. The van der Waals surface area contributed by atoms with Crippen molar-refractivity contribution in [2.45, 2.75) is 57.4 Å². The first kappa shape index (κ1) is 14.3. The van der Waals surface area contributed by atoms with Gasteiger partial charge in [0.25, 0.3) is 0 Å². The molecule has 0 spiro atoms. The molecule has 5 nitrogen and oxygen atoms in total. The van der Waals surface area contributed by atoms with E-state index in [0.717, 1.165) is 32.1 Å². The number of hydrogen-bond donors (Lipinski definition) is 3. The highest BCUT2D eigenvalue weighted by Crippen LogP contribution is 2.41. The second-order valence-corrected chi connectivity index (χ2v) is 6.36. The molecule has 19 heavy (non-hydrogen) atoms. The Kier molecular flexibility index (Phi) is 3.85. The molecule has 0 radical (unpaired) electrons. The van der Waals surface area contributed by atoms with Gasteiger partial charge in [0, 0.05) is 6.54 Å². The summed E-state index contributed by atoms with van der Waals surface area (Å²) >= 11 is 0. The Morgan fingerprint density at radius 1 is 1.26 bits per heavy atom. The van der Waals surface area contributed by atoms with Crippen LogP contribution in [0.1, 0.15) is 51.9 Å². The molecule has 0 unspecified atom stereocenters. The van der Waals surface area contributed by atoms with Crippen molar-refractivity contribution in [2.24, 2.45) is 17.1 Å². The van der Waals surface area contributed by atoms with Crippen LogP contribution in [-0.2, 0) is 9.59 Å². The topological polar surface area (TPSA) is 92.4 Å². The molecule has 0 bridgehead atoms. The second-order valence-electron chi connectivity index (χ2n) is 6.36. The minimum absolute atomic E-state index is 0.154. The molecular weight excluding hydrogens is 244 g/mol. The van der Waals surface area contributed by atoms with Crippen LogP contribution in [0.3, 0.4) is 0 Å². The van der Waals surface area contributed by atoms with Crippen LogP contribution in [0.2, 0.25) is 0 Å². The van der Waals surface area contributed by atoms with Crippen molar-refractivity contribution in [1.82, 2.24) is 5.32 Å². The molecule has 0 aromatic carbocycles. The van der Waals surface area contributed by atoms with Crippen LogP contribution in [0.5, 0.6) is 0 Å². The predicted molar refractivity (Wildman–Crippen MR) is 71.5 cm³/mol. The molecule has 1 amide bonds. The monoisotopic (exact) mass is 268 g/mol. The summed E-state index contributed by atoms with van der Waals surface area (Å²) in [6, 6.07) is 0. The van der Waals surface area contributed by atoms with Crippen LogP contribution in [0.25, 0.3) is 0 Å². The van der Waals surface area contributed by atoms with Gasteiger partial charge in [-0.3, -0.25) is 4.79 Å². The van der Waals surface area contributed by atoms with E-state index >= 15 is 0 Å². The van der Waals surface area contributed by atoms with Crippen LogP contribution in [0.4, 0.5) is 0 Å². The maximum absolute atomic E-state index is 12.4. The smallest absolute Gasteiger partial charge is 0.329 e. The molecule has 0 atom stereocenters. The second kappa shape index (κ2) is 5.12. The van der Waals surface area contributed by atoms with Gasteiger partial charge in [0.15, 0.2) is 0 Å². The minimum Gasteiger partial charge on any atom is -0.480 e. The van der Waals surface area contributed by atoms with Crippen LogP contribution >= 0.6 is 0 Å². The number of carbonyl (C=O) groups excluding carboxylic acids is 1. The van der Waals surface area contributed by atoms with Gasteiger partial charge in [0.05, 0.1) is 5.41 Å². The third-order valence-electron chi connectivity index (χ3n) is 5.07. The highest BCUT2D eigenvalue weighted by Gasteiger charge is 2.49. The fourth-order valence-electron chi connectivity index (χ4n) is 3.12. The lowest BCUT2D eigenvalue weighted by atomic mass is 9.67. The van der Waals surface area contributed by atoms with E-state index in [4.69, 9.17) is 5.73 Å². The lowest BCUT2D eigenvalue weighted by Crippen LogP contribution is -2.62. The molecule has 4 N–H and O–H groups in total. The molecule has 0 aromatic heterocycles. The largest absolute Gasteiger partial charge is 0.480 e.